The Labute approximate surface area is 68.7 Å². The van der Waals surface area contributed by atoms with E-state index in [9.17, 15) is 4.79 Å². The van der Waals surface area contributed by atoms with Crippen molar-refractivity contribution < 1.29 is 30.3 Å². The van der Waals surface area contributed by atoms with Crippen molar-refractivity contribution in [2.24, 2.45) is 0 Å². The Bertz CT molecular complexity index is 138. The Morgan fingerprint density at radius 2 is 1.75 bits per heavy atom. The van der Waals surface area contributed by atoms with Gasteiger partial charge < -0.3 is 30.3 Å². The van der Waals surface area contributed by atoms with Crippen LogP contribution in [0.2, 0.25) is 0 Å². The molecule has 12 heavy (non-hydrogen) atoms. The van der Waals surface area contributed by atoms with Gasteiger partial charge >= 0.3 is 0 Å². The normalized spacial score (nSPS) is 21.1. The second-order valence-electron chi connectivity index (χ2n) is 2.36. The first kappa shape index (κ1) is 11.5. The van der Waals surface area contributed by atoms with Crippen molar-refractivity contribution in [1.82, 2.24) is 0 Å². The SMILES string of the molecule is O=C[C@H](O)[C@H]([18OH])[C@@H]([18OH])[C@H](O)CO. The molecule has 0 heterocycles. The van der Waals surface area contributed by atoms with Crippen LogP contribution in [0.3, 0.4) is 0 Å². The summed E-state index contributed by atoms with van der Waals surface area (Å²) in [6.45, 7) is -0.760. The molecule has 0 bridgehead atoms. The molecule has 0 aromatic rings. The van der Waals surface area contributed by atoms with Crippen molar-refractivity contribution in [2.45, 2.75) is 24.4 Å². The highest BCUT2D eigenvalue weighted by Gasteiger charge is 2.29. The van der Waals surface area contributed by atoms with Gasteiger partial charge in [0.2, 0.25) is 0 Å². The maximum Gasteiger partial charge on any atom is 0.151 e. The summed E-state index contributed by atoms with van der Waals surface area (Å²) in [6, 6.07) is 0. The Morgan fingerprint density at radius 3 is 2.08 bits per heavy atom. The topological polar surface area (TPSA) is 118 Å². The monoisotopic (exact) mass is 184 g/mol. The molecular weight excluding hydrogens is 172 g/mol. The molecule has 0 rings (SSSR count). The molecule has 0 aliphatic heterocycles. The number of hydrogen-bond donors (Lipinski definition) is 5. The first-order valence-electron chi connectivity index (χ1n) is 3.33. The molecule has 0 aromatic carbocycles. The molecule has 6 nitrogen and oxygen atoms in total. The number of aliphatic hydroxyl groups is 5. The minimum atomic E-state index is -1.79. The molecule has 0 aliphatic rings. The van der Waals surface area contributed by atoms with E-state index in [1.807, 2.05) is 0 Å². The molecule has 0 fully saturated rings. The zero-order chi connectivity index (χ0) is 9.72. The van der Waals surface area contributed by atoms with E-state index in [1.54, 1.807) is 0 Å². The third-order valence-electron chi connectivity index (χ3n) is 1.42. The molecule has 4 atom stereocenters. The summed E-state index contributed by atoms with van der Waals surface area (Å²) in [7, 11) is 0. The van der Waals surface area contributed by atoms with Gasteiger partial charge in [-0.3, -0.25) is 0 Å². The van der Waals surface area contributed by atoms with Crippen LogP contribution in [0, 0.1) is 0 Å². The second-order valence-corrected chi connectivity index (χ2v) is 2.36. The highest BCUT2D eigenvalue weighted by molar-refractivity contribution is 5.56. The third-order valence-corrected chi connectivity index (χ3v) is 1.42. The molecule has 72 valence electrons. The van der Waals surface area contributed by atoms with Crippen LogP contribution in [-0.2, 0) is 4.79 Å². The van der Waals surface area contributed by atoms with Crippen molar-refractivity contribution >= 4 is 6.29 Å². The van der Waals surface area contributed by atoms with Gasteiger partial charge in [-0.25, -0.2) is 0 Å². The lowest BCUT2D eigenvalue weighted by atomic mass is 10.1. The van der Waals surface area contributed by atoms with Crippen LogP contribution in [0.5, 0.6) is 0 Å². The minimum absolute atomic E-state index is 0.0258. The molecule has 0 aliphatic carbocycles. The fourth-order valence-corrected chi connectivity index (χ4v) is 0.618. The van der Waals surface area contributed by atoms with Crippen LogP contribution < -0.4 is 0 Å². The van der Waals surface area contributed by atoms with Gasteiger partial charge in [0.05, 0.1) is 6.61 Å². The van der Waals surface area contributed by atoms with Crippen LogP contribution in [0.1, 0.15) is 0 Å². The number of hydrogen-bond acceptors (Lipinski definition) is 6. The van der Waals surface area contributed by atoms with Gasteiger partial charge in [-0.05, 0) is 0 Å². The van der Waals surface area contributed by atoms with Gasteiger partial charge in [-0.1, -0.05) is 0 Å². The number of aliphatic hydroxyl groups excluding tert-OH is 5. The number of rotatable bonds is 5. The van der Waals surface area contributed by atoms with Gasteiger partial charge in [0.15, 0.2) is 6.29 Å². The van der Waals surface area contributed by atoms with E-state index in [2.05, 4.69) is 0 Å². The lowest BCUT2D eigenvalue weighted by Gasteiger charge is -2.22. The van der Waals surface area contributed by atoms with Crippen molar-refractivity contribution in [3.05, 3.63) is 0 Å². The Morgan fingerprint density at radius 1 is 1.25 bits per heavy atom. The van der Waals surface area contributed by atoms with Crippen molar-refractivity contribution in [1.29, 1.82) is 0 Å². The molecule has 0 saturated carbocycles. The molecule has 5 N–H and O–H groups in total. The Balaban J connectivity index is 4.07. The lowest BCUT2D eigenvalue weighted by molar-refractivity contribution is -0.136. The maximum atomic E-state index is 9.90. The van der Waals surface area contributed by atoms with Crippen LogP contribution in [-0.4, -0.2) is 62.8 Å². The molecule has 0 aromatic heterocycles. The summed E-state index contributed by atoms with van der Waals surface area (Å²) in [5, 5.41) is 43.5. The van der Waals surface area contributed by atoms with Crippen LogP contribution in [0.25, 0.3) is 0 Å². The Kier molecular flexibility index (Phi) is 4.95. The van der Waals surface area contributed by atoms with E-state index >= 15 is 0 Å². The van der Waals surface area contributed by atoms with E-state index in [4.69, 9.17) is 25.5 Å². The van der Waals surface area contributed by atoms with E-state index in [-0.39, 0.29) is 6.29 Å². The number of aldehydes is 1. The van der Waals surface area contributed by atoms with E-state index < -0.39 is 31.0 Å². The number of carbonyl (C=O) groups is 1. The first-order valence-corrected chi connectivity index (χ1v) is 3.33. The predicted molar refractivity (Wildman–Crippen MR) is 37.2 cm³/mol. The van der Waals surface area contributed by atoms with Crippen molar-refractivity contribution in [3.8, 4) is 0 Å². The second kappa shape index (κ2) is 5.18. The smallest absolute Gasteiger partial charge is 0.151 e. The molecule has 0 amide bonds. The molecule has 0 saturated heterocycles. The van der Waals surface area contributed by atoms with E-state index in [1.165, 1.54) is 0 Å². The zero-order valence-electron chi connectivity index (χ0n) is 6.24. The molecular formula is C6H12O6. The summed E-state index contributed by atoms with van der Waals surface area (Å²) in [6.07, 6.45) is -6.84. The average Bonchev–Trinajstić information content (AvgIpc) is 2.12. The summed E-state index contributed by atoms with van der Waals surface area (Å²) in [4.78, 5) is 9.90. The summed E-state index contributed by atoms with van der Waals surface area (Å²) >= 11 is 0. The van der Waals surface area contributed by atoms with E-state index in [0.29, 0.717) is 0 Å². The zero-order valence-corrected chi connectivity index (χ0v) is 6.24. The largest absolute Gasteiger partial charge is 0.394 e. The van der Waals surface area contributed by atoms with Gasteiger partial charge in [0.1, 0.15) is 24.4 Å². The molecule has 0 spiro atoms. The van der Waals surface area contributed by atoms with Crippen LogP contribution >= 0.6 is 0 Å². The summed E-state index contributed by atoms with van der Waals surface area (Å²) in [5.74, 6) is 0. The third kappa shape index (κ3) is 2.84. The fraction of sp³-hybridized carbons (Fsp3) is 0.833. The van der Waals surface area contributed by atoms with Crippen LogP contribution in [0.15, 0.2) is 0 Å². The lowest BCUT2D eigenvalue weighted by Crippen LogP contribution is -2.46. The number of carbonyl (C=O) groups excluding carboxylic acids is 1. The maximum absolute atomic E-state index is 9.90. The van der Waals surface area contributed by atoms with Crippen LogP contribution in [0.4, 0.5) is 0 Å². The van der Waals surface area contributed by atoms with Gasteiger partial charge in [0, 0.05) is 0 Å². The standard InChI is InChI=1S/C6H12O6/c7-1-3(9)5(11)6(12)4(10)2-8/h1,3-6,8-12H,2H2/t3-,4+,5-,6-/m0/s1/i11+2,12+2. The summed E-state index contributed by atoms with van der Waals surface area (Å²) < 4.78 is 0. The average molecular weight is 184 g/mol. The highest BCUT2D eigenvalue weighted by Crippen LogP contribution is 2.02. The van der Waals surface area contributed by atoms with Gasteiger partial charge in [-0.15, -0.1) is 0 Å². The molecule has 0 radical (unpaired) electrons. The Hall–Kier alpha value is -0.530. The highest BCUT2D eigenvalue weighted by atomic mass is 18.2. The van der Waals surface area contributed by atoms with Gasteiger partial charge in [0.25, 0.3) is 0 Å². The summed E-state index contributed by atoms with van der Waals surface area (Å²) in [5.41, 5.74) is 0. The predicted octanol–water partition coefficient (Wildman–Crippen LogP) is -3.38. The molecule has 0 unspecified atom stereocenters. The minimum Gasteiger partial charge on any atom is -0.394 e. The van der Waals surface area contributed by atoms with E-state index in [0.717, 1.165) is 0 Å². The van der Waals surface area contributed by atoms with Crippen molar-refractivity contribution in [2.75, 3.05) is 6.61 Å². The quantitative estimate of drug-likeness (QED) is 0.225. The van der Waals surface area contributed by atoms with Gasteiger partial charge in [-0.2, -0.15) is 0 Å². The molecule has 6 heteroatoms. The van der Waals surface area contributed by atoms with Crippen molar-refractivity contribution in [3.63, 3.8) is 0 Å². The fourth-order valence-electron chi connectivity index (χ4n) is 0.618. The first-order chi connectivity index (χ1) is 5.54.